The number of amides is 1. The van der Waals surface area contributed by atoms with Crippen molar-refractivity contribution in [3.8, 4) is 0 Å². The van der Waals surface area contributed by atoms with Crippen LogP contribution in [0, 0.1) is 18.8 Å². The third-order valence-corrected chi connectivity index (χ3v) is 4.44. The number of hydrogen-bond donors (Lipinski definition) is 2. The minimum Gasteiger partial charge on any atom is -0.444 e. The zero-order valence-corrected chi connectivity index (χ0v) is 16.6. The van der Waals surface area contributed by atoms with Crippen LogP contribution in [0.1, 0.15) is 40.2 Å². The van der Waals surface area contributed by atoms with Crippen molar-refractivity contribution < 1.29 is 9.53 Å². The van der Waals surface area contributed by atoms with Gasteiger partial charge in [-0.2, -0.15) is 0 Å². The first-order valence-corrected chi connectivity index (χ1v) is 8.84. The van der Waals surface area contributed by atoms with Crippen molar-refractivity contribution in [2.75, 3.05) is 18.4 Å². The topological polar surface area (TPSA) is 50.4 Å². The molecule has 0 fully saturated rings. The molecule has 23 heavy (non-hydrogen) atoms. The molecule has 0 saturated heterocycles. The highest BCUT2D eigenvalue weighted by Gasteiger charge is 2.19. The number of alkyl carbamates (subject to hydrolysis) is 1. The highest BCUT2D eigenvalue weighted by Crippen LogP contribution is 2.21. The Hall–Kier alpha value is -1.23. The quantitative estimate of drug-likeness (QED) is 0.727. The maximum atomic E-state index is 11.8. The number of rotatable bonds is 6. The molecule has 5 heteroatoms. The number of carbonyl (C=O) groups is 1. The van der Waals surface area contributed by atoms with E-state index in [4.69, 9.17) is 4.74 Å². The molecular formula is C18H29BrN2O2. The van der Waals surface area contributed by atoms with Crippen LogP contribution < -0.4 is 10.6 Å². The van der Waals surface area contributed by atoms with Crippen molar-refractivity contribution in [3.05, 3.63) is 28.2 Å². The van der Waals surface area contributed by atoms with Gasteiger partial charge in [0.2, 0.25) is 0 Å². The maximum absolute atomic E-state index is 11.8. The van der Waals surface area contributed by atoms with E-state index >= 15 is 0 Å². The summed E-state index contributed by atoms with van der Waals surface area (Å²) >= 11 is 3.55. The molecule has 0 bridgehead atoms. The Morgan fingerprint density at radius 2 is 1.91 bits per heavy atom. The van der Waals surface area contributed by atoms with E-state index in [2.05, 4.69) is 65.5 Å². The molecule has 1 aromatic rings. The predicted molar refractivity (Wildman–Crippen MR) is 99.9 cm³/mol. The SMILES string of the molecule is Cc1ccc(NCC(CNC(=O)OC(C)(C)C)C(C)C)cc1Br. The second-order valence-electron chi connectivity index (χ2n) is 7.23. The van der Waals surface area contributed by atoms with E-state index in [-0.39, 0.29) is 6.09 Å². The second-order valence-corrected chi connectivity index (χ2v) is 8.09. The van der Waals surface area contributed by atoms with Gasteiger partial charge in [0, 0.05) is 23.2 Å². The zero-order chi connectivity index (χ0) is 17.6. The molecule has 1 aromatic carbocycles. The zero-order valence-electron chi connectivity index (χ0n) is 15.0. The van der Waals surface area contributed by atoms with Crippen molar-refractivity contribution in [2.45, 2.75) is 47.1 Å². The summed E-state index contributed by atoms with van der Waals surface area (Å²) in [6.07, 6.45) is -0.360. The standard InChI is InChI=1S/C18H29BrN2O2/c1-12(2)14(11-21-17(22)23-18(4,5)6)10-20-15-8-7-13(3)16(19)9-15/h7-9,12,14,20H,10-11H2,1-6H3,(H,21,22). The number of carbonyl (C=O) groups excluding carboxylic acids is 1. The Morgan fingerprint density at radius 1 is 1.26 bits per heavy atom. The molecule has 0 radical (unpaired) electrons. The molecular weight excluding hydrogens is 356 g/mol. The highest BCUT2D eigenvalue weighted by atomic mass is 79.9. The minimum absolute atomic E-state index is 0.322. The number of halogens is 1. The van der Waals surface area contributed by atoms with Crippen molar-refractivity contribution in [2.24, 2.45) is 11.8 Å². The van der Waals surface area contributed by atoms with Gasteiger partial charge in [0.25, 0.3) is 0 Å². The van der Waals surface area contributed by atoms with Crippen LogP contribution in [0.3, 0.4) is 0 Å². The van der Waals surface area contributed by atoms with Crippen molar-refractivity contribution in [3.63, 3.8) is 0 Å². The fraction of sp³-hybridized carbons (Fsp3) is 0.611. The largest absolute Gasteiger partial charge is 0.444 e. The monoisotopic (exact) mass is 384 g/mol. The summed E-state index contributed by atoms with van der Waals surface area (Å²) in [6, 6.07) is 6.22. The Bertz CT molecular complexity index is 524. The molecule has 0 aliphatic heterocycles. The molecule has 4 nitrogen and oxygen atoms in total. The Morgan fingerprint density at radius 3 is 2.43 bits per heavy atom. The van der Waals surface area contributed by atoms with Gasteiger partial charge in [-0.05, 0) is 57.2 Å². The molecule has 0 aromatic heterocycles. The third-order valence-electron chi connectivity index (χ3n) is 3.59. The average Bonchev–Trinajstić information content (AvgIpc) is 2.40. The fourth-order valence-electron chi connectivity index (χ4n) is 2.02. The number of anilines is 1. The van der Waals surface area contributed by atoms with Crippen LogP contribution in [-0.4, -0.2) is 24.8 Å². The van der Waals surface area contributed by atoms with Gasteiger partial charge >= 0.3 is 6.09 Å². The van der Waals surface area contributed by atoms with E-state index in [0.29, 0.717) is 18.4 Å². The average molecular weight is 385 g/mol. The number of hydrogen-bond acceptors (Lipinski definition) is 3. The lowest BCUT2D eigenvalue weighted by atomic mass is 9.95. The van der Waals surface area contributed by atoms with Crippen molar-refractivity contribution >= 4 is 27.7 Å². The molecule has 0 spiro atoms. The van der Waals surface area contributed by atoms with Gasteiger partial charge < -0.3 is 15.4 Å². The van der Waals surface area contributed by atoms with Crippen molar-refractivity contribution in [1.82, 2.24) is 5.32 Å². The van der Waals surface area contributed by atoms with Gasteiger partial charge in [0.1, 0.15) is 5.60 Å². The fourth-order valence-corrected chi connectivity index (χ4v) is 2.40. The molecule has 0 aliphatic carbocycles. The summed E-state index contributed by atoms with van der Waals surface area (Å²) < 4.78 is 6.38. The lowest BCUT2D eigenvalue weighted by Gasteiger charge is -2.24. The van der Waals surface area contributed by atoms with Crippen LogP contribution in [-0.2, 0) is 4.74 Å². The van der Waals surface area contributed by atoms with E-state index in [1.807, 2.05) is 20.8 Å². The van der Waals surface area contributed by atoms with Crippen LogP contribution in [0.4, 0.5) is 10.5 Å². The lowest BCUT2D eigenvalue weighted by molar-refractivity contribution is 0.0516. The summed E-state index contributed by atoms with van der Waals surface area (Å²) in [7, 11) is 0. The van der Waals surface area contributed by atoms with Gasteiger partial charge in [0.15, 0.2) is 0 Å². The highest BCUT2D eigenvalue weighted by molar-refractivity contribution is 9.10. The predicted octanol–water partition coefficient (Wildman–Crippen LogP) is 4.97. The number of aryl methyl sites for hydroxylation is 1. The molecule has 1 amide bonds. The first-order chi connectivity index (χ1) is 10.6. The van der Waals surface area contributed by atoms with Gasteiger partial charge in [0.05, 0.1) is 0 Å². The minimum atomic E-state index is -0.468. The van der Waals surface area contributed by atoms with Crippen LogP contribution in [0.5, 0.6) is 0 Å². The Balaban J connectivity index is 2.52. The summed E-state index contributed by atoms with van der Waals surface area (Å²) in [5, 5.41) is 6.31. The molecule has 2 N–H and O–H groups in total. The van der Waals surface area contributed by atoms with Crippen LogP contribution in [0.15, 0.2) is 22.7 Å². The van der Waals surface area contributed by atoms with E-state index in [0.717, 1.165) is 16.7 Å². The van der Waals surface area contributed by atoms with Gasteiger partial charge in [-0.3, -0.25) is 0 Å². The summed E-state index contributed by atoms with van der Waals surface area (Å²) in [5.74, 6) is 0.772. The molecule has 1 rings (SSSR count). The third kappa shape index (κ3) is 7.73. The summed E-state index contributed by atoms with van der Waals surface area (Å²) in [6.45, 7) is 13.4. The van der Waals surface area contributed by atoms with Crippen LogP contribution in [0.2, 0.25) is 0 Å². The summed E-state index contributed by atoms with van der Waals surface area (Å²) in [4.78, 5) is 11.8. The van der Waals surface area contributed by atoms with Crippen molar-refractivity contribution in [1.29, 1.82) is 0 Å². The second kappa shape index (κ2) is 8.57. The number of benzene rings is 1. The van der Waals surface area contributed by atoms with Gasteiger partial charge in [-0.15, -0.1) is 0 Å². The Labute approximate surface area is 148 Å². The first-order valence-electron chi connectivity index (χ1n) is 8.05. The smallest absolute Gasteiger partial charge is 0.407 e. The normalized spacial score (nSPS) is 12.9. The maximum Gasteiger partial charge on any atom is 0.407 e. The lowest BCUT2D eigenvalue weighted by Crippen LogP contribution is -2.38. The molecule has 0 saturated carbocycles. The number of ether oxygens (including phenoxy) is 1. The van der Waals surface area contributed by atoms with E-state index in [1.54, 1.807) is 0 Å². The van der Waals surface area contributed by atoms with E-state index in [1.165, 1.54) is 5.56 Å². The summed E-state index contributed by atoms with van der Waals surface area (Å²) in [5.41, 5.74) is 1.82. The molecule has 0 aliphatic rings. The molecule has 0 heterocycles. The van der Waals surface area contributed by atoms with Gasteiger partial charge in [-0.1, -0.05) is 35.8 Å². The molecule has 1 atom stereocenters. The van der Waals surface area contributed by atoms with Crippen LogP contribution in [0.25, 0.3) is 0 Å². The van der Waals surface area contributed by atoms with Crippen LogP contribution >= 0.6 is 15.9 Å². The Kier molecular flexibility index (Phi) is 7.39. The molecule has 130 valence electrons. The number of nitrogens with one attached hydrogen (secondary N) is 2. The molecule has 1 unspecified atom stereocenters. The van der Waals surface area contributed by atoms with Gasteiger partial charge in [-0.25, -0.2) is 4.79 Å². The first kappa shape index (κ1) is 19.8. The van der Waals surface area contributed by atoms with E-state index in [9.17, 15) is 4.79 Å². The van der Waals surface area contributed by atoms with E-state index < -0.39 is 5.60 Å².